The quantitative estimate of drug-likeness (QED) is 0.778. The highest BCUT2D eigenvalue weighted by Gasteiger charge is 2.18. The predicted octanol–water partition coefficient (Wildman–Crippen LogP) is 5.36. The molecule has 0 bridgehead atoms. The van der Waals surface area contributed by atoms with Crippen LogP contribution in [0.2, 0.25) is 10.0 Å². The van der Waals surface area contributed by atoms with Crippen molar-refractivity contribution in [3.63, 3.8) is 0 Å². The summed E-state index contributed by atoms with van der Waals surface area (Å²) in [5, 5.41) is 4.19. The molecule has 112 valence electrons. The van der Waals surface area contributed by atoms with E-state index < -0.39 is 17.7 Å². The molecule has 1 nitrogen and oxygen atoms in total. The molecule has 0 radical (unpaired) electrons. The fraction of sp³-hybridized carbons (Fsp3) is 0.250. The molecule has 0 aromatic heterocycles. The molecule has 1 N–H and O–H groups in total. The first-order valence-electron chi connectivity index (χ1n) is 6.65. The summed E-state index contributed by atoms with van der Waals surface area (Å²) in [6.07, 6.45) is 0.883. The highest BCUT2D eigenvalue weighted by molar-refractivity contribution is 6.34. The Labute approximate surface area is 132 Å². The van der Waals surface area contributed by atoms with E-state index in [0.29, 0.717) is 22.2 Å². The van der Waals surface area contributed by atoms with E-state index in [1.165, 1.54) is 12.1 Å². The maximum Gasteiger partial charge on any atom is 0.131 e. The molecule has 2 aromatic carbocycles. The van der Waals surface area contributed by atoms with Crippen molar-refractivity contribution in [2.75, 3.05) is 6.54 Å². The molecular formula is C16H15Cl2F2N. The lowest BCUT2D eigenvalue weighted by Crippen LogP contribution is -2.24. The number of rotatable bonds is 5. The van der Waals surface area contributed by atoms with Gasteiger partial charge in [0.2, 0.25) is 0 Å². The first kappa shape index (κ1) is 16.2. The van der Waals surface area contributed by atoms with Crippen LogP contribution in [0.15, 0.2) is 36.4 Å². The van der Waals surface area contributed by atoms with Gasteiger partial charge in [-0.25, -0.2) is 8.78 Å². The third-order valence-electron chi connectivity index (χ3n) is 3.09. The molecule has 1 unspecified atom stereocenters. The van der Waals surface area contributed by atoms with E-state index >= 15 is 0 Å². The molecule has 0 aliphatic carbocycles. The van der Waals surface area contributed by atoms with Crippen LogP contribution in [0.5, 0.6) is 0 Å². The minimum atomic E-state index is -0.602. The summed E-state index contributed by atoms with van der Waals surface area (Å²) >= 11 is 12.0. The van der Waals surface area contributed by atoms with Gasteiger partial charge in [0.05, 0.1) is 6.04 Å². The average molecular weight is 330 g/mol. The summed E-state index contributed by atoms with van der Waals surface area (Å²) < 4.78 is 27.2. The SMILES string of the molecule is CCCNC(c1cc(Cl)cc(Cl)c1)c1ccc(F)cc1F. The van der Waals surface area contributed by atoms with Crippen LogP contribution in [0.1, 0.15) is 30.5 Å². The van der Waals surface area contributed by atoms with Crippen LogP contribution in [-0.4, -0.2) is 6.54 Å². The van der Waals surface area contributed by atoms with Gasteiger partial charge in [0.1, 0.15) is 11.6 Å². The van der Waals surface area contributed by atoms with Crippen LogP contribution >= 0.6 is 23.2 Å². The van der Waals surface area contributed by atoms with Crippen LogP contribution in [0.25, 0.3) is 0 Å². The van der Waals surface area contributed by atoms with E-state index in [1.54, 1.807) is 18.2 Å². The van der Waals surface area contributed by atoms with Gasteiger partial charge in [0.25, 0.3) is 0 Å². The van der Waals surface area contributed by atoms with Gasteiger partial charge in [-0.05, 0) is 42.8 Å². The number of halogens is 4. The van der Waals surface area contributed by atoms with Gasteiger partial charge in [-0.2, -0.15) is 0 Å². The number of hydrogen-bond acceptors (Lipinski definition) is 1. The summed E-state index contributed by atoms with van der Waals surface area (Å²) in [6.45, 7) is 2.70. The second-order valence-corrected chi connectivity index (χ2v) is 5.63. The highest BCUT2D eigenvalue weighted by Crippen LogP contribution is 2.29. The largest absolute Gasteiger partial charge is 0.306 e. The van der Waals surface area contributed by atoms with Gasteiger partial charge in [-0.1, -0.05) is 36.2 Å². The maximum atomic E-state index is 14.1. The number of benzene rings is 2. The van der Waals surface area contributed by atoms with Gasteiger partial charge in [0, 0.05) is 21.7 Å². The molecule has 0 aliphatic heterocycles. The van der Waals surface area contributed by atoms with Crippen LogP contribution in [0, 0.1) is 11.6 Å². The van der Waals surface area contributed by atoms with Crippen LogP contribution in [0.3, 0.4) is 0 Å². The molecule has 2 rings (SSSR count). The second kappa shape index (κ2) is 7.21. The zero-order valence-corrected chi connectivity index (χ0v) is 13.0. The molecule has 5 heteroatoms. The first-order valence-corrected chi connectivity index (χ1v) is 7.41. The number of hydrogen-bond donors (Lipinski definition) is 1. The molecule has 2 aromatic rings. The summed E-state index contributed by atoms with van der Waals surface area (Å²) in [4.78, 5) is 0. The highest BCUT2D eigenvalue weighted by atomic mass is 35.5. The Morgan fingerprint density at radius 1 is 1.05 bits per heavy atom. The maximum absolute atomic E-state index is 14.1. The molecule has 1 atom stereocenters. The van der Waals surface area contributed by atoms with E-state index in [4.69, 9.17) is 23.2 Å². The van der Waals surface area contributed by atoms with Gasteiger partial charge in [-0.3, -0.25) is 0 Å². The lowest BCUT2D eigenvalue weighted by molar-refractivity contribution is 0.533. The van der Waals surface area contributed by atoms with E-state index in [2.05, 4.69) is 5.32 Å². The van der Waals surface area contributed by atoms with Gasteiger partial charge in [0.15, 0.2) is 0 Å². The minimum absolute atomic E-state index is 0.364. The molecule has 0 aliphatic rings. The molecule has 21 heavy (non-hydrogen) atoms. The topological polar surface area (TPSA) is 12.0 Å². The second-order valence-electron chi connectivity index (χ2n) is 4.76. The third-order valence-corrected chi connectivity index (χ3v) is 3.53. The van der Waals surface area contributed by atoms with Crippen molar-refractivity contribution >= 4 is 23.2 Å². The number of nitrogens with one attached hydrogen (secondary N) is 1. The lowest BCUT2D eigenvalue weighted by atomic mass is 9.98. The lowest BCUT2D eigenvalue weighted by Gasteiger charge is -2.21. The van der Waals surface area contributed by atoms with E-state index in [1.807, 2.05) is 6.92 Å². The summed E-state index contributed by atoms with van der Waals surface area (Å²) in [6, 6.07) is 8.19. The Balaban J connectivity index is 2.46. The normalized spacial score (nSPS) is 12.4. The Hall–Kier alpha value is -1.16. The molecule has 0 saturated heterocycles. The molecule has 0 fully saturated rings. The monoisotopic (exact) mass is 329 g/mol. The van der Waals surface area contributed by atoms with Gasteiger partial charge >= 0.3 is 0 Å². The standard InChI is InChI=1S/C16H15Cl2F2N/c1-2-5-21-16(10-6-11(17)8-12(18)7-10)14-4-3-13(19)9-15(14)20/h3-4,6-9,16,21H,2,5H2,1H3. The Bertz CT molecular complexity index is 611. The Kier molecular flexibility index (Phi) is 5.57. The van der Waals surface area contributed by atoms with Crippen molar-refractivity contribution in [3.8, 4) is 0 Å². The Morgan fingerprint density at radius 3 is 2.29 bits per heavy atom. The summed E-state index contributed by atoms with van der Waals surface area (Å²) in [5.74, 6) is -1.20. The van der Waals surface area contributed by atoms with Crippen molar-refractivity contribution in [2.24, 2.45) is 0 Å². The summed E-state index contributed by atoms with van der Waals surface area (Å²) in [5.41, 5.74) is 1.11. The average Bonchev–Trinajstić information content (AvgIpc) is 2.40. The van der Waals surface area contributed by atoms with Crippen LogP contribution in [0.4, 0.5) is 8.78 Å². The van der Waals surface area contributed by atoms with Crippen molar-refractivity contribution in [3.05, 3.63) is 69.2 Å². The van der Waals surface area contributed by atoms with E-state index in [-0.39, 0.29) is 0 Å². The van der Waals surface area contributed by atoms with Crippen LogP contribution in [-0.2, 0) is 0 Å². The molecule has 0 heterocycles. The van der Waals surface area contributed by atoms with Crippen LogP contribution < -0.4 is 5.32 Å². The molecule has 0 amide bonds. The van der Waals surface area contributed by atoms with E-state index in [9.17, 15) is 8.78 Å². The first-order chi connectivity index (χ1) is 10.0. The predicted molar refractivity (Wildman–Crippen MR) is 83.0 cm³/mol. The van der Waals surface area contributed by atoms with Crippen molar-refractivity contribution < 1.29 is 8.78 Å². The molecule has 0 spiro atoms. The third kappa shape index (κ3) is 4.16. The van der Waals surface area contributed by atoms with Gasteiger partial charge in [-0.15, -0.1) is 0 Å². The zero-order valence-electron chi connectivity index (χ0n) is 11.5. The molecular weight excluding hydrogens is 315 g/mol. The zero-order chi connectivity index (χ0) is 15.4. The Morgan fingerprint density at radius 2 is 1.71 bits per heavy atom. The minimum Gasteiger partial charge on any atom is -0.306 e. The van der Waals surface area contributed by atoms with Crippen molar-refractivity contribution in [2.45, 2.75) is 19.4 Å². The van der Waals surface area contributed by atoms with Gasteiger partial charge < -0.3 is 5.32 Å². The fourth-order valence-corrected chi connectivity index (χ4v) is 2.72. The van der Waals surface area contributed by atoms with Crippen molar-refractivity contribution in [1.29, 1.82) is 0 Å². The van der Waals surface area contributed by atoms with Crippen molar-refractivity contribution in [1.82, 2.24) is 5.32 Å². The smallest absolute Gasteiger partial charge is 0.131 e. The fourth-order valence-electron chi connectivity index (χ4n) is 2.17. The molecule has 0 saturated carbocycles. The van der Waals surface area contributed by atoms with E-state index in [0.717, 1.165) is 18.1 Å². The summed E-state index contributed by atoms with van der Waals surface area (Å²) in [7, 11) is 0.